The van der Waals surface area contributed by atoms with Gasteiger partial charge in [0, 0.05) is 38.6 Å². The van der Waals surface area contributed by atoms with Crippen LogP contribution in [-0.4, -0.2) is 19.3 Å². The molecule has 0 saturated carbocycles. The summed E-state index contributed by atoms with van der Waals surface area (Å²) >= 11 is 12.3. The minimum atomic E-state index is -3.96. The molecule has 4 aromatic rings. The highest BCUT2D eigenvalue weighted by Crippen LogP contribution is 2.29. The highest BCUT2D eigenvalue weighted by Gasteiger charge is 2.17. The van der Waals surface area contributed by atoms with Crippen molar-refractivity contribution in [2.45, 2.75) is 13.3 Å². The van der Waals surface area contributed by atoms with E-state index in [0.29, 0.717) is 22.0 Å². The van der Waals surface area contributed by atoms with Crippen LogP contribution in [0.15, 0.2) is 72.1 Å². The SMILES string of the molecule is Cc1[nH]c2ccc(C(=O)NS(=O)(=O)C=Cc3ccccc3)cc2c1Cc1ccc(Cl)cc1Cl. The molecule has 2 N–H and O–H groups in total. The second kappa shape index (κ2) is 9.43. The van der Waals surface area contributed by atoms with Gasteiger partial charge in [0.15, 0.2) is 0 Å². The van der Waals surface area contributed by atoms with Gasteiger partial charge in [0.2, 0.25) is 0 Å². The summed E-state index contributed by atoms with van der Waals surface area (Å²) in [5.41, 5.74) is 4.60. The van der Waals surface area contributed by atoms with E-state index >= 15 is 0 Å². The van der Waals surface area contributed by atoms with Crippen molar-refractivity contribution in [3.63, 3.8) is 0 Å². The van der Waals surface area contributed by atoms with E-state index in [9.17, 15) is 13.2 Å². The number of hydrogen-bond donors (Lipinski definition) is 2. The lowest BCUT2D eigenvalue weighted by Crippen LogP contribution is -2.28. The first-order chi connectivity index (χ1) is 15.7. The maximum absolute atomic E-state index is 12.7. The Bertz CT molecular complexity index is 1480. The number of carbonyl (C=O) groups excluding carboxylic acids is 1. The van der Waals surface area contributed by atoms with Crippen molar-refractivity contribution in [2.24, 2.45) is 0 Å². The Morgan fingerprint density at radius 3 is 2.52 bits per heavy atom. The normalized spacial score (nSPS) is 11.8. The lowest BCUT2D eigenvalue weighted by Gasteiger charge is -2.07. The van der Waals surface area contributed by atoms with E-state index in [1.54, 1.807) is 54.6 Å². The Balaban J connectivity index is 1.60. The summed E-state index contributed by atoms with van der Waals surface area (Å²) in [4.78, 5) is 16.0. The number of aryl methyl sites for hydroxylation is 1. The maximum Gasteiger partial charge on any atom is 0.265 e. The van der Waals surface area contributed by atoms with E-state index < -0.39 is 15.9 Å². The average Bonchev–Trinajstić information content (AvgIpc) is 3.09. The Hall–Kier alpha value is -3.06. The number of aromatic nitrogens is 1. The predicted molar refractivity (Wildman–Crippen MR) is 134 cm³/mol. The van der Waals surface area contributed by atoms with Crippen LogP contribution in [0.1, 0.15) is 32.7 Å². The molecule has 0 saturated heterocycles. The van der Waals surface area contributed by atoms with Gasteiger partial charge in [0.1, 0.15) is 0 Å². The van der Waals surface area contributed by atoms with Crippen LogP contribution in [0.2, 0.25) is 10.0 Å². The Morgan fingerprint density at radius 2 is 1.79 bits per heavy atom. The molecule has 3 aromatic carbocycles. The number of sulfonamides is 1. The summed E-state index contributed by atoms with van der Waals surface area (Å²) in [6, 6.07) is 19.3. The van der Waals surface area contributed by atoms with Gasteiger partial charge < -0.3 is 4.98 Å². The molecular weight excluding hydrogens is 479 g/mol. The number of halogens is 2. The number of fused-ring (bicyclic) bond motifs is 1. The van der Waals surface area contributed by atoms with Crippen LogP contribution in [0, 0.1) is 6.92 Å². The van der Waals surface area contributed by atoms with Crippen LogP contribution >= 0.6 is 23.2 Å². The van der Waals surface area contributed by atoms with Crippen LogP contribution in [0.25, 0.3) is 17.0 Å². The van der Waals surface area contributed by atoms with Gasteiger partial charge >= 0.3 is 0 Å². The smallest absolute Gasteiger partial charge is 0.265 e. The molecule has 1 amide bonds. The van der Waals surface area contributed by atoms with E-state index in [-0.39, 0.29) is 5.56 Å². The lowest BCUT2D eigenvalue weighted by atomic mass is 10.0. The van der Waals surface area contributed by atoms with Crippen LogP contribution in [0.5, 0.6) is 0 Å². The van der Waals surface area contributed by atoms with E-state index in [1.807, 2.05) is 19.1 Å². The third kappa shape index (κ3) is 5.47. The Labute approximate surface area is 202 Å². The largest absolute Gasteiger partial charge is 0.358 e. The number of amides is 1. The molecule has 33 heavy (non-hydrogen) atoms. The van der Waals surface area contributed by atoms with Crippen molar-refractivity contribution >= 4 is 56.1 Å². The van der Waals surface area contributed by atoms with Crippen LogP contribution in [0.4, 0.5) is 0 Å². The minimum Gasteiger partial charge on any atom is -0.358 e. The van der Waals surface area contributed by atoms with Gasteiger partial charge in [-0.2, -0.15) is 0 Å². The monoisotopic (exact) mass is 498 g/mol. The topological polar surface area (TPSA) is 79.0 Å². The molecular formula is C25H20Cl2N2O3S. The number of hydrogen-bond acceptors (Lipinski definition) is 3. The number of nitrogens with one attached hydrogen (secondary N) is 2. The third-order valence-electron chi connectivity index (χ3n) is 5.24. The molecule has 168 valence electrons. The average molecular weight is 499 g/mol. The first-order valence-corrected chi connectivity index (χ1v) is 12.4. The number of rotatable bonds is 6. The zero-order chi connectivity index (χ0) is 23.6. The van der Waals surface area contributed by atoms with Crippen LogP contribution in [0.3, 0.4) is 0 Å². The Kier molecular flexibility index (Phi) is 6.61. The molecule has 0 bridgehead atoms. The summed E-state index contributed by atoms with van der Waals surface area (Å²) in [6.07, 6.45) is 1.97. The summed E-state index contributed by atoms with van der Waals surface area (Å²) < 4.78 is 26.9. The summed E-state index contributed by atoms with van der Waals surface area (Å²) in [7, 11) is -3.96. The molecule has 0 spiro atoms. The summed E-state index contributed by atoms with van der Waals surface area (Å²) in [5, 5.41) is 2.92. The van der Waals surface area contributed by atoms with Gasteiger partial charge in [-0.05, 0) is 60.0 Å². The highest BCUT2D eigenvalue weighted by atomic mass is 35.5. The van der Waals surface area contributed by atoms with Crippen molar-refractivity contribution in [2.75, 3.05) is 0 Å². The second-order valence-corrected chi connectivity index (χ2v) is 10.0. The molecule has 0 aliphatic carbocycles. The summed E-state index contributed by atoms with van der Waals surface area (Å²) in [6.45, 7) is 1.94. The van der Waals surface area contributed by atoms with Gasteiger partial charge in [-0.25, -0.2) is 13.1 Å². The molecule has 0 aliphatic rings. The Morgan fingerprint density at radius 1 is 1.03 bits per heavy atom. The minimum absolute atomic E-state index is 0.238. The molecule has 5 nitrogen and oxygen atoms in total. The van der Waals surface area contributed by atoms with Gasteiger partial charge in [0.05, 0.1) is 5.41 Å². The van der Waals surface area contributed by atoms with Crippen molar-refractivity contribution in [3.8, 4) is 0 Å². The van der Waals surface area contributed by atoms with Crippen LogP contribution < -0.4 is 4.72 Å². The quantitative estimate of drug-likeness (QED) is 0.336. The van der Waals surface area contributed by atoms with E-state index in [2.05, 4.69) is 9.71 Å². The first kappa shape index (κ1) is 23.1. The van der Waals surface area contributed by atoms with E-state index in [4.69, 9.17) is 23.2 Å². The zero-order valence-electron chi connectivity index (χ0n) is 17.6. The van der Waals surface area contributed by atoms with Crippen molar-refractivity contribution in [1.82, 2.24) is 9.71 Å². The molecule has 0 aliphatic heterocycles. The highest BCUT2D eigenvalue weighted by molar-refractivity contribution is 7.93. The van der Waals surface area contributed by atoms with Crippen molar-refractivity contribution < 1.29 is 13.2 Å². The number of aromatic amines is 1. The molecule has 4 rings (SSSR count). The van der Waals surface area contributed by atoms with Gasteiger partial charge in [-0.3, -0.25) is 4.79 Å². The molecule has 0 unspecified atom stereocenters. The van der Waals surface area contributed by atoms with Gasteiger partial charge in [-0.15, -0.1) is 0 Å². The number of benzene rings is 3. The molecule has 8 heteroatoms. The number of carbonyl (C=O) groups is 1. The fraction of sp³-hybridized carbons (Fsp3) is 0.0800. The fourth-order valence-corrected chi connectivity index (χ4v) is 4.82. The first-order valence-electron chi connectivity index (χ1n) is 10.1. The third-order valence-corrected chi connectivity index (χ3v) is 6.79. The number of H-pyrrole nitrogens is 1. The maximum atomic E-state index is 12.7. The summed E-state index contributed by atoms with van der Waals surface area (Å²) in [5.74, 6) is -0.705. The van der Waals surface area contributed by atoms with E-state index in [1.165, 1.54) is 6.08 Å². The molecule has 1 aromatic heterocycles. The van der Waals surface area contributed by atoms with Gasteiger partial charge in [-0.1, -0.05) is 59.6 Å². The molecule has 1 heterocycles. The molecule has 0 fully saturated rings. The predicted octanol–water partition coefficient (Wildman–Crippen LogP) is 6.10. The molecule has 0 radical (unpaired) electrons. The van der Waals surface area contributed by atoms with Crippen molar-refractivity contribution in [3.05, 3.63) is 110 Å². The zero-order valence-corrected chi connectivity index (χ0v) is 19.9. The van der Waals surface area contributed by atoms with Gasteiger partial charge in [0.25, 0.3) is 15.9 Å². The lowest BCUT2D eigenvalue weighted by molar-refractivity contribution is 0.0982. The van der Waals surface area contributed by atoms with Crippen LogP contribution in [-0.2, 0) is 16.4 Å². The van der Waals surface area contributed by atoms with Crippen molar-refractivity contribution in [1.29, 1.82) is 0 Å². The fourth-order valence-electron chi connectivity index (χ4n) is 3.56. The molecule has 0 atom stereocenters. The van der Waals surface area contributed by atoms with E-state index in [0.717, 1.165) is 33.1 Å². The second-order valence-electron chi connectivity index (χ2n) is 7.59. The standard InChI is InChI=1S/C25H20Cl2N2O3S/c1-16-21(13-18-7-9-20(26)15-23(18)27)22-14-19(8-10-24(22)28-16)25(30)29-33(31,32)12-11-17-5-3-2-4-6-17/h2-12,14-15,28H,13H2,1H3,(H,29,30).